The monoisotopic (exact) mass is 902 g/mol. The molecule has 18 nitrogen and oxygen atoms in total. The zero-order valence-electron chi connectivity index (χ0n) is 37.2. The van der Waals surface area contributed by atoms with Crippen LogP contribution in [0.2, 0.25) is 0 Å². The Morgan fingerprint density at radius 2 is 1.14 bits per heavy atom. The van der Waals surface area contributed by atoms with E-state index in [9.17, 15) is 51.1 Å². The second-order valence-corrected chi connectivity index (χ2v) is 21.7. The Hall–Kier alpha value is -0.720. The van der Waals surface area contributed by atoms with Crippen molar-refractivity contribution in [2.45, 2.75) is 209 Å². The van der Waals surface area contributed by atoms with E-state index in [1.807, 2.05) is 0 Å². The van der Waals surface area contributed by atoms with Crippen molar-refractivity contribution in [1.82, 2.24) is 0 Å². The van der Waals surface area contributed by atoms with Crippen LogP contribution in [-0.2, 0) is 37.9 Å². The lowest BCUT2D eigenvalue weighted by Crippen LogP contribution is -2.63. The molecule has 362 valence electrons. The summed E-state index contributed by atoms with van der Waals surface area (Å²) in [5, 5.41) is 107. The molecular formula is C45H74O18. The minimum absolute atomic E-state index is 0.0501. The van der Waals surface area contributed by atoms with Crippen molar-refractivity contribution in [3.8, 4) is 0 Å². The molecule has 10 N–H and O–H groups in total. The van der Waals surface area contributed by atoms with Crippen molar-refractivity contribution < 1.29 is 89.0 Å². The highest BCUT2D eigenvalue weighted by atomic mass is 16.7. The predicted octanol–water partition coefficient (Wildman–Crippen LogP) is -0.735. The van der Waals surface area contributed by atoms with E-state index in [0.717, 1.165) is 45.1 Å². The molecule has 9 rings (SSSR count). The Labute approximate surface area is 369 Å². The molecule has 28 atom stereocenters. The molecule has 5 saturated heterocycles. The van der Waals surface area contributed by atoms with Crippen LogP contribution >= 0.6 is 0 Å². The maximum absolute atomic E-state index is 12.0. The van der Waals surface area contributed by atoms with E-state index >= 15 is 0 Å². The van der Waals surface area contributed by atoms with E-state index in [-0.39, 0.29) is 22.9 Å². The minimum atomic E-state index is -1.77. The molecule has 18 heteroatoms. The number of aliphatic hydroxyl groups excluding tert-OH is 10. The molecule has 0 aromatic rings. The molecular weight excluding hydrogens is 828 g/mol. The normalized spacial score (nSPS) is 59.4. The van der Waals surface area contributed by atoms with Crippen LogP contribution in [-0.4, -0.2) is 187 Å². The van der Waals surface area contributed by atoms with E-state index < -0.39 is 123 Å². The van der Waals surface area contributed by atoms with Gasteiger partial charge in [-0.25, -0.2) is 0 Å². The number of hydrogen-bond acceptors (Lipinski definition) is 18. The molecule has 4 aliphatic carbocycles. The summed E-state index contributed by atoms with van der Waals surface area (Å²) in [6.45, 7) is 10.7. The third-order valence-electron chi connectivity index (χ3n) is 18.2. The second-order valence-electron chi connectivity index (χ2n) is 21.7. The van der Waals surface area contributed by atoms with Crippen LogP contribution < -0.4 is 0 Å². The fraction of sp³-hybridized carbons (Fsp3) is 1.00. The summed E-state index contributed by atoms with van der Waals surface area (Å²) in [5.41, 5.74) is -0.00347. The van der Waals surface area contributed by atoms with Crippen molar-refractivity contribution in [2.24, 2.45) is 52.3 Å². The van der Waals surface area contributed by atoms with Gasteiger partial charge in [0.25, 0.3) is 0 Å². The SMILES string of the molecule is C[C@@H]1CC[C@@]2(OC1)OC1CC3C4C[C@@H](O)C5C[C@@H](O[C@@H]6O[C@H](CO[C@@H]7O[C@H](CO[C@@H]8O[C@H](C)[C@@H](O)[C@H](O)[C@H]8O)[C@@H](O)[C@H](O)[C@H]7O)[C@@H](O)[C@H](O)[C@H]6O)CC[C@]5(C)C4CC[C@]3(C)C1[C@@H]2C. The van der Waals surface area contributed by atoms with Gasteiger partial charge in [0.2, 0.25) is 0 Å². The first-order valence-corrected chi connectivity index (χ1v) is 23.8. The zero-order valence-corrected chi connectivity index (χ0v) is 37.2. The summed E-state index contributed by atoms with van der Waals surface area (Å²) in [7, 11) is 0. The van der Waals surface area contributed by atoms with E-state index in [4.69, 9.17) is 37.9 Å². The lowest BCUT2D eigenvalue weighted by molar-refractivity contribution is -0.345. The highest BCUT2D eigenvalue weighted by Crippen LogP contribution is 2.71. The maximum atomic E-state index is 12.0. The predicted molar refractivity (Wildman–Crippen MR) is 216 cm³/mol. The standard InChI is InChI=1S/C45H74O18/c1-18-6-11-45(58-15-18)19(2)30-27(63-45)14-24-22-13-26(46)25-12-21(7-9-43(25,4)23(22)8-10-44(24,30)5)60-42-39(55)36(52)33(49)29(62-42)17-57-41-38(54)35(51)32(48)28(61-41)16-56-40-37(53)34(50)31(47)20(3)59-40/h18-42,46-55H,6-17H2,1-5H3/t18-,19+,20-,21+,22?,23?,24?,25?,26-,27?,28-,29-,30?,31-,32-,33-,34+,35+,36+,37-,38-,39-,40-,41-,42-,43-,44+,45-/m1/s1. The van der Waals surface area contributed by atoms with Gasteiger partial charge in [0, 0.05) is 12.3 Å². The van der Waals surface area contributed by atoms with Crippen LogP contribution in [0.1, 0.15) is 92.4 Å². The minimum Gasteiger partial charge on any atom is -0.393 e. The van der Waals surface area contributed by atoms with Gasteiger partial charge in [-0.1, -0.05) is 27.7 Å². The van der Waals surface area contributed by atoms with Crippen LogP contribution in [0.15, 0.2) is 0 Å². The van der Waals surface area contributed by atoms with E-state index in [1.54, 1.807) is 0 Å². The largest absolute Gasteiger partial charge is 0.393 e. The van der Waals surface area contributed by atoms with Gasteiger partial charge in [-0.2, -0.15) is 0 Å². The summed E-state index contributed by atoms with van der Waals surface area (Å²) in [4.78, 5) is 0. The van der Waals surface area contributed by atoms with Crippen LogP contribution in [0.3, 0.4) is 0 Å². The molecule has 4 saturated carbocycles. The first kappa shape index (κ1) is 47.4. The Morgan fingerprint density at radius 3 is 1.78 bits per heavy atom. The first-order valence-electron chi connectivity index (χ1n) is 23.8. The second kappa shape index (κ2) is 17.7. The van der Waals surface area contributed by atoms with Crippen molar-refractivity contribution in [3.05, 3.63) is 0 Å². The molecule has 5 heterocycles. The molecule has 0 aromatic carbocycles. The van der Waals surface area contributed by atoms with Gasteiger partial charge in [0.15, 0.2) is 24.7 Å². The van der Waals surface area contributed by atoms with Gasteiger partial charge in [-0.15, -0.1) is 0 Å². The molecule has 1 spiro atoms. The van der Waals surface area contributed by atoms with Gasteiger partial charge in [-0.05, 0) is 105 Å². The van der Waals surface area contributed by atoms with Crippen LogP contribution in [0, 0.1) is 52.3 Å². The quantitative estimate of drug-likeness (QED) is 0.134. The fourth-order valence-electron chi connectivity index (χ4n) is 14.5. The number of hydrogen-bond donors (Lipinski definition) is 10. The van der Waals surface area contributed by atoms with Gasteiger partial charge >= 0.3 is 0 Å². The summed E-state index contributed by atoms with van der Waals surface area (Å²) in [6, 6.07) is 0. The van der Waals surface area contributed by atoms with Crippen molar-refractivity contribution in [1.29, 1.82) is 0 Å². The molecule has 0 radical (unpaired) electrons. The third kappa shape index (κ3) is 7.98. The van der Waals surface area contributed by atoms with Crippen molar-refractivity contribution in [2.75, 3.05) is 19.8 Å². The first-order chi connectivity index (χ1) is 29.8. The van der Waals surface area contributed by atoms with Crippen molar-refractivity contribution in [3.63, 3.8) is 0 Å². The highest BCUT2D eigenvalue weighted by molar-refractivity contribution is 5.16. The van der Waals surface area contributed by atoms with Crippen LogP contribution in [0.4, 0.5) is 0 Å². The summed E-state index contributed by atoms with van der Waals surface area (Å²) in [5.74, 6) is 2.06. The van der Waals surface area contributed by atoms with Gasteiger partial charge < -0.3 is 89.0 Å². The number of rotatable bonds is 8. The number of fused-ring (bicyclic) bond motifs is 7. The topological polar surface area (TPSA) is 276 Å². The Kier molecular flexibility index (Phi) is 13.3. The molecule has 0 bridgehead atoms. The summed E-state index contributed by atoms with van der Waals surface area (Å²) in [6.07, 6.45) is -15.3. The summed E-state index contributed by atoms with van der Waals surface area (Å²) < 4.78 is 48.3. The van der Waals surface area contributed by atoms with Crippen LogP contribution in [0.25, 0.3) is 0 Å². The molecule has 63 heavy (non-hydrogen) atoms. The molecule has 0 aromatic heterocycles. The molecule has 9 aliphatic rings. The average Bonchev–Trinajstić information content (AvgIpc) is 3.71. The Bertz CT molecular complexity index is 1590. The van der Waals surface area contributed by atoms with E-state index in [2.05, 4.69) is 27.7 Å². The average molecular weight is 903 g/mol. The third-order valence-corrected chi connectivity index (χ3v) is 18.2. The molecule has 5 aliphatic heterocycles. The number of aliphatic hydroxyl groups is 10. The van der Waals surface area contributed by atoms with E-state index in [1.165, 1.54) is 6.92 Å². The fourth-order valence-corrected chi connectivity index (χ4v) is 14.5. The molecule has 9 fully saturated rings. The van der Waals surface area contributed by atoms with Crippen molar-refractivity contribution >= 4 is 0 Å². The van der Waals surface area contributed by atoms with Crippen LogP contribution in [0.5, 0.6) is 0 Å². The van der Waals surface area contributed by atoms with Gasteiger partial charge in [-0.3, -0.25) is 0 Å². The molecule has 0 amide bonds. The van der Waals surface area contributed by atoms with Gasteiger partial charge in [0.1, 0.15) is 67.1 Å². The highest BCUT2D eigenvalue weighted by Gasteiger charge is 2.70. The lowest BCUT2D eigenvalue weighted by Gasteiger charge is -2.62. The van der Waals surface area contributed by atoms with Gasteiger partial charge in [0.05, 0.1) is 44.2 Å². The smallest absolute Gasteiger partial charge is 0.186 e. The maximum Gasteiger partial charge on any atom is 0.186 e. The Balaban J connectivity index is 0.804. The van der Waals surface area contributed by atoms with E-state index in [0.29, 0.717) is 54.8 Å². The Morgan fingerprint density at radius 1 is 0.556 bits per heavy atom. The number of ether oxygens (including phenoxy) is 8. The summed E-state index contributed by atoms with van der Waals surface area (Å²) >= 11 is 0. The zero-order chi connectivity index (χ0) is 45.1. The molecule has 6 unspecified atom stereocenters. The lowest BCUT2D eigenvalue weighted by atomic mass is 9.43.